The van der Waals surface area contributed by atoms with Crippen molar-refractivity contribution in [2.75, 3.05) is 11.5 Å². The van der Waals surface area contributed by atoms with E-state index in [1.165, 1.54) is 6.07 Å². The molecule has 1 aromatic rings. The molecule has 1 aliphatic rings. The van der Waals surface area contributed by atoms with Gasteiger partial charge in [0.2, 0.25) is 5.91 Å². The first-order valence-corrected chi connectivity index (χ1v) is 9.26. The molecular formula is C14H17BrFNO3S. The summed E-state index contributed by atoms with van der Waals surface area (Å²) in [5, 5.41) is 2.76. The van der Waals surface area contributed by atoms with Gasteiger partial charge in [-0.2, -0.15) is 0 Å². The van der Waals surface area contributed by atoms with Gasteiger partial charge in [-0.25, -0.2) is 12.8 Å². The molecule has 1 fully saturated rings. The third kappa shape index (κ3) is 4.51. The lowest BCUT2D eigenvalue weighted by atomic mass is 10.0. The van der Waals surface area contributed by atoms with Gasteiger partial charge in [0, 0.05) is 10.9 Å². The highest BCUT2D eigenvalue weighted by Crippen LogP contribution is 2.23. The van der Waals surface area contributed by atoms with Crippen LogP contribution in [0.2, 0.25) is 0 Å². The van der Waals surface area contributed by atoms with E-state index in [4.69, 9.17) is 0 Å². The van der Waals surface area contributed by atoms with Gasteiger partial charge in [-0.15, -0.1) is 0 Å². The minimum atomic E-state index is -3.06. The fraction of sp³-hybridized carbons (Fsp3) is 0.500. The zero-order valence-electron chi connectivity index (χ0n) is 11.7. The Morgan fingerprint density at radius 1 is 1.48 bits per heavy atom. The Labute approximate surface area is 132 Å². The number of amides is 1. The second-order valence-corrected chi connectivity index (χ2v) is 8.79. The van der Waals surface area contributed by atoms with E-state index in [2.05, 4.69) is 21.2 Å². The summed E-state index contributed by atoms with van der Waals surface area (Å²) in [5.41, 5.74) is -0.230. The van der Waals surface area contributed by atoms with Crippen LogP contribution < -0.4 is 5.32 Å². The molecule has 4 nitrogen and oxygen atoms in total. The number of aryl methyl sites for hydroxylation is 1. The van der Waals surface area contributed by atoms with Crippen molar-refractivity contribution in [2.45, 2.75) is 31.7 Å². The van der Waals surface area contributed by atoms with E-state index in [0.29, 0.717) is 16.5 Å². The lowest BCUT2D eigenvalue weighted by Gasteiger charge is -2.23. The van der Waals surface area contributed by atoms with Gasteiger partial charge in [0.15, 0.2) is 9.84 Å². The number of nitrogens with one attached hydrogen (secondary N) is 1. The summed E-state index contributed by atoms with van der Waals surface area (Å²) < 4.78 is 37.2. The highest BCUT2D eigenvalue weighted by molar-refractivity contribution is 9.10. The van der Waals surface area contributed by atoms with E-state index in [1.54, 1.807) is 19.1 Å². The molecule has 21 heavy (non-hydrogen) atoms. The highest BCUT2D eigenvalue weighted by atomic mass is 79.9. The quantitative estimate of drug-likeness (QED) is 0.874. The first-order chi connectivity index (χ1) is 9.69. The first-order valence-electron chi connectivity index (χ1n) is 6.65. The molecule has 0 spiro atoms. The predicted octanol–water partition coefficient (Wildman–Crippen LogP) is 2.21. The van der Waals surface area contributed by atoms with Gasteiger partial charge in [-0.1, -0.05) is 22.0 Å². The van der Waals surface area contributed by atoms with E-state index in [1.807, 2.05) is 0 Å². The molecule has 1 saturated heterocycles. The number of hydrogen-bond acceptors (Lipinski definition) is 3. The monoisotopic (exact) mass is 377 g/mol. The van der Waals surface area contributed by atoms with Crippen molar-refractivity contribution in [1.29, 1.82) is 0 Å². The summed E-state index contributed by atoms with van der Waals surface area (Å²) in [4.78, 5) is 11.9. The maximum atomic E-state index is 13.6. The van der Waals surface area contributed by atoms with Crippen LogP contribution in [0.25, 0.3) is 0 Å². The number of sulfone groups is 1. The third-order valence-electron chi connectivity index (χ3n) is 3.58. The molecule has 0 saturated carbocycles. The smallest absolute Gasteiger partial charge is 0.220 e. The molecule has 0 aliphatic carbocycles. The van der Waals surface area contributed by atoms with Gasteiger partial charge in [-0.05, 0) is 37.5 Å². The van der Waals surface area contributed by atoms with Crippen LogP contribution in [0.4, 0.5) is 4.39 Å². The van der Waals surface area contributed by atoms with Crippen molar-refractivity contribution >= 4 is 31.7 Å². The van der Waals surface area contributed by atoms with Crippen molar-refractivity contribution in [3.05, 3.63) is 34.1 Å². The third-order valence-corrected chi connectivity index (χ3v) is 5.98. The number of benzene rings is 1. The lowest BCUT2D eigenvalue weighted by Crippen LogP contribution is -2.47. The second kappa shape index (κ2) is 6.04. The molecular weight excluding hydrogens is 361 g/mol. The molecule has 2 rings (SSSR count). The van der Waals surface area contributed by atoms with Gasteiger partial charge < -0.3 is 5.32 Å². The zero-order valence-corrected chi connectivity index (χ0v) is 14.1. The molecule has 116 valence electrons. The first kappa shape index (κ1) is 16.4. The van der Waals surface area contributed by atoms with Gasteiger partial charge in [0.25, 0.3) is 0 Å². The van der Waals surface area contributed by atoms with Crippen LogP contribution in [0.3, 0.4) is 0 Å². The summed E-state index contributed by atoms with van der Waals surface area (Å²) >= 11 is 3.18. The molecule has 1 amide bonds. The number of carbonyl (C=O) groups excluding carboxylic acids is 1. The van der Waals surface area contributed by atoms with Crippen LogP contribution in [0.5, 0.6) is 0 Å². The van der Waals surface area contributed by atoms with Crippen LogP contribution in [0, 0.1) is 5.82 Å². The van der Waals surface area contributed by atoms with Crippen molar-refractivity contribution in [1.82, 2.24) is 5.32 Å². The van der Waals surface area contributed by atoms with E-state index >= 15 is 0 Å². The Morgan fingerprint density at radius 2 is 2.19 bits per heavy atom. The van der Waals surface area contributed by atoms with Crippen molar-refractivity contribution < 1.29 is 17.6 Å². The molecule has 7 heteroatoms. The molecule has 0 aromatic heterocycles. The molecule has 1 atom stereocenters. The van der Waals surface area contributed by atoms with Gasteiger partial charge in [0.1, 0.15) is 5.82 Å². The second-order valence-electron chi connectivity index (χ2n) is 5.69. The maximum absolute atomic E-state index is 13.6. The van der Waals surface area contributed by atoms with E-state index in [-0.39, 0.29) is 36.1 Å². The lowest BCUT2D eigenvalue weighted by molar-refractivity contribution is -0.122. The predicted molar refractivity (Wildman–Crippen MR) is 82.2 cm³/mol. The minimum absolute atomic E-state index is 0.0294. The average molecular weight is 378 g/mol. The van der Waals surface area contributed by atoms with E-state index in [9.17, 15) is 17.6 Å². The fourth-order valence-corrected chi connectivity index (χ4v) is 4.91. The van der Waals surface area contributed by atoms with Crippen molar-refractivity contribution in [3.63, 3.8) is 0 Å². The van der Waals surface area contributed by atoms with Crippen LogP contribution in [-0.4, -0.2) is 31.4 Å². The highest BCUT2D eigenvalue weighted by Gasteiger charge is 2.39. The molecule has 1 aliphatic heterocycles. The standard InChI is InChI=1S/C14H17BrFNO3S/c1-14(6-7-21(19,20)9-14)17-13(18)5-3-10-2-4-11(15)8-12(10)16/h2,4,8H,3,5-7,9H2,1H3,(H,17,18)/t14-/m0/s1. The Kier molecular flexibility index (Phi) is 4.72. The van der Waals surface area contributed by atoms with Crippen LogP contribution >= 0.6 is 15.9 Å². The molecule has 0 unspecified atom stereocenters. The van der Waals surface area contributed by atoms with Crippen molar-refractivity contribution in [3.8, 4) is 0 Å². The normalized spacial score (nSPS) is 24.0. The van der Waals surface area contributed by atoms with Gasteiger partial charge in [-0.3, -0.25) is 4.79 Å². The van der Waals surface area contributed by atoms with Crippen LogP contribution in [0.1, 0.15) is 25.3 Å². The molecule has 0 radical (unpaired) electrons. The number of rotatable bonds is 4. The number of hydrogen-bond donors (Lipinski definition) is 1. The molecule has 1 N–H and O–H groups in total. The average Bonchev–Trinajstić information content (AvgIpc) is 2.62. The summed E-state index contributed by atoms with van der Waals surface area (Å²) in [7, 11) is -3.06. The SMILES string of the molecule is C[C@]1(NC(=O)CCc2ccc(Br)cc2F)CCS(=O)(=O)C1. The Bertz CT molecular complexity index is 662. The van der Waals surface area contributed by atoms with E-state index in [0.717, 1.165) is 0 Å². The van der Waals surface area contributed by atoms with Gasteiger partial charge >= 0.3 is 0 Å². The number of carbonyl (C=O) groups is 1. The molecule has 1 heterocycles. The summed E-state index contributed by atoms with van der Waals surface area (Å²) in [6, 6.07) is 4.72. The zero-order chi connectivity index (χ0) is 15.7. The van der Waals surface area contributed by atoms with Crippen LogP contribution in [0.15, 0.2) is 22.7 Å². The fourth-order valence-electron chi connectivity index (χ4n) is 2.48. The topological polar surface area (TPSA) is 63.2 Å². The molecule has 1 aromatic carbocycles. The van der Waals surface area contributed by atoms with Crippen molar-refractivity contribution in [2.24, 2.45) is 0 Å². The number of halogens is 2. The largest absolute Gasteiger partial charge is 0.350 e. The Morgan fingerprint density at radius 3 is 2.76 bits per heavy atom. The Hall–Kier alpha value is -0.950. The van der Waals surface area contributed by atoms with Crippen LogP contribution in [-0.2, 0) is 21.1 Å². The summed E-state index contributed by atoms with van der Waals surface area (Å²) in [5.74, 6) is -0.535. The summed E-state index contributed by atoms with van der Waals surface area (Å²) in [6.07, 6.45) is 0.843. The summed E-state index contributed by atoms with van der Waals surface area (Å²) in [6.45, 7) is 1.73. The maximum Gasteiger partial charge on any atom is 0.220 e. The Balaban J connectivity index is 1.91. The van der Waals surface area contributed by atoms with E-state index < -0.39 is 15.4 Å². The molecule has 0 bridgehead atoms. The van der Waals surface area contributed by atoms with Gasteiger partial charge in [0.05, 0.1) is 17.0 Å². The minimum Gasteiger partial charge on any atom is -0.350 e.